The van der Waals surface area contributed by atoms with Crippen molar-refractivity contribution in [3.8, 4) is 12.3 Å². The van der Waals surface area contributed by atoms with E-state index in [9.17, 15) is 0 Å². The van der Waals surface area contributed by atoms with E-state index in [2.05, 4.69) is 12.1 Å². The second kappa shape index (κ2) is 15.2. The average Bonchev–Trinajstić information content (AvgIpc) is 2.79. The van der Waals surface area contributed by atoms with Gasteiger partial charge in [0, 0.05) is 18.5 Å². The molecule has 0 aromatic heterocycles. The molecule has 0 atom stereocenters. The molecule has 1 spiro atoms. The maximum absolute atomic E-state index is 8.18. The highest BCUT2D eigenvalue weighted by Crippen LogP contribution is 2.44. The molecule has 182 valence electrons. The highest BCUT2D eigenvalue weighted by molar-refractivity contribution is 5.96. The summed E-state index contributed by atoms with van der Waals surface area (Å²) in [5.74, 6) is 2.82. The van der Waals surface area contributed by atoms with Crippen LogP contribution in [0.1, 0.15) is 25.7 Å². The SMILES string of the molecule is C#CCOCCOCCOCCOCCOC1CCC2(CC1)CN(C(=N)C(=[C-]N)CN)C2. The number of hydrogen-bond acceptors (Lipinski definition) is 8. The summed E-state index contributed by atoms with van der Waals surface area (Å²) in [7, 11) is 0. The van der Waals surface area contributed by atoms with E-state index in [-0.39, 0.29) is 6.54 Å². The lowest BCUT2D eigenvalue weighted by molar-refractivity contribution is -0.0630. The fourth-order valence-corrected chi connectivity index (χ4v) is 4.09. The van der Waals surface area contributed by atoms with E-state index in [0.717, 1.165) is 38.8 Å². The van der Waals surface area contributed by atoms with Gasteiger partial charge in [0.05, 0.1) is 59.0 Å². The van der Waals surface area contributed by atoms with E-state index in [4.69, 9.17) is 47.0 Å². The van der Waals surface area contributed by atoms with Gasteiger partial charge in [-0.2, -0.15) is 11.8 Å². The third-order valence-electron chi connectivity index (χ3n) is 5.91. The quantitative estimate of drug-likeness (QED) is 0.0775. The number of likely N-dealkylation sites (tertiary alicyclic amines) is 1. The molecule has 1 heterocycles. The van der Waals surface area contributed by atoms with E-state index in [1.807, 2.05) is 4.90 Å². The van der Waals surface area contributed by atoms with Gasteiger partial charge in [-0.1, -0.05) is 5.92 Å². The summed E-state index contributed by atoms with van der Waals surface area (Å²) < 4.78 is 27.4. The zero-order valence-corrected chi connectivity index (χ0v) is 19.1. The Hall–Kier alpha value is -1.67. The lowest BCUT2D eigenvalue weighted by Gasteiger charge is -2.58. The van der Waals surface area contributed by atoms with Crippen LogP contribution in [-0.4, -0.2) is 95.9 Å². The van der Waals surface area contributed by atoms with Crippen LogP contribution in [0.25, 0.3) is 0 Å². The van der Waals surface area contributed by atoms with E-state index < -0.39 is 0 Å². The predicted octanol–water partition coefficient (Wildman–Crippen LogP) is 0.529. The topological polar surface area (TPSA) is 125 Å². The molecule has 2 aliphatic rings. The number of amidine groups is 1. The Morgan fingerprint density at radius 1 is 0.969 bits per heavy atom. The molecule has 9 heteroatoms. The summed E-state index contributed by atoms with van der Waals surface area (Å²) >= 11 is 0. The highest BCUT2D eigenvalue weighted by Gasteiger charge is 2.44. The van der Waals surface area contributed by atoms with Crippen molar-refractivity contribution in [2.75, 3.05) is 79.1 Å². The Labute approximate surface area is 192 Å². The number of ether oxygens (including phenoxy) is 5. The summed E-state index contributed by atoms with van der Waals surface area (Å²) in [5, 5.41) is 8.18. The summed E-state index contributed by atoms with van der Waals surface area (Å²) in [5.41, 5.74) is 11.9. The van der Waals surface area contributed by atoms with Gasteiger partial charge < -0.3 is 45.5 Å². The van der Waals surface area contributed by atoms with Gasteiger partial charge in [0.15, 0.2) is 0 Å². The number of nitrogens with two attached hydrogens (primary N) is 2. The van der Waals surface area contributed by atoms with Gasteiger partial charge in [-0.05, 0) is 38.1 Å². The molecule has 0 amide bonds. The fourth-order valence-electron chi connectivity index (χ4n) is 4.09. The Bertz CT molecular complexity index is 606. The first-order chi connectivity index (χ1) is 15.6. The highest BCUT2D eigenvalue weighted by atomic mass is 16.6. The fraction of sp³-hybridized carbons (Fsp3) is 0.783. The molecular weight excluding hydrogens is 412 g/mol. The Balaban J connectivity index is 1.39. The smallest absolute Gasteiger partial charge is 0.107 e. The van der Waals surface area contributed by atoms with Crippen molar-refractivity contribution in [2.45, 2.75) is 31.8 Å². The Kier molecular flexibility index (Phi) is 12.6. The minimum Gasteiger partial charge on any atom is -0.489 e. The Morgan fingerprint density at radius 3 is 2.00 bits per heavy atom. The zero-order valence-electron chi connectivity index (χ0n) is 19.1. The number of nitrogens with one attached hydrogen (secondary N) is 1. The van der Waals surface area contributed by atoms with Gasteiger partial charge in [0.25, 0.3) is 0 Å². The largest absolute Gasteiger partial charge is 0.489 e. The van der Waals surface area contributed by atoms with E-state index >= 15 is 0 Å². The van der Waals surface area contributed by atoms with E-state index in [0.29, 0.717) is 82.4 Å². The van der Waals surface area contributed by atoms with Gasteiger partial charge in [0.1, 0.15) is 6.61 Å². The second-order valence-electron chi connectivity index (χ2n) is 8.20. The summed E-state index contributed by atoms with van der Waals surface area (Å²) in [4.78, 5) is 2.04. The third kappa shape index (κ3) is 9.06. The summed E-state index contributed by atoms with van der Waals surface area (Å²) in [6, 6.07) is 0. The number of rotatable bonds is 16. The van der Waals surface area contributed by atoms with Gasteiger partial charge in [-0.15, -0.1) is 6.42 Å². The molecule has 2 fully saturated rings. The molecule has 0 aromatic carbocycles. The van der Waals surface area contributed by atoms with Crippen LogP contribution in [0.4, 0.5) is 0 Å². The van der Waals surface area contributed by atoms with Crippen LogP contribution >= 0.6 is 0 Å². The second-order valence-corrected chi connectivity index (χ2v) is 8.20. The molecule has 0 unspecified atom stereocenters. The maximum Gasteiger partial charge on any atom is 0.107 e. The standard InChI is InChI=1S/C23H39N4O5/c1-2-7-28-8-9-29-10-11-30-12-13-31-14-15-32-21-3-5-23(6-4-21)18-27(19-23)22(26)20(16-24)17-25/h1,21,26H,3-16,18-19,24-25H2/q-1. The minimum absolute atomic E-state index is 0.251. The number of hydrogen-bond donors (Lipinski definition) is 3. The molecule has 0 bridgehead atoms. The first-order valence-corrected chi connectivity index (χ1v) is 11.4. The zero-order chi connectivity index (χ0) is 23.1. The van der Waals surface area contributed by atoms with Crippen LogP contribution in [-0.2, 0) is 23.7 Å². The van der Waals surface area contributed by atoms with Crippen molar-refractivity contribution in [3.63, 3.8) is 0 Å². The van der Waals surface area contributed by atoms with E-state index in [1.54, 1.807) is 0 Å². The van der Waals surface area contributed by atoms with Crippen molar-refractivity contribution < 1.29 is 23.7 Å². The van der Waals surface area contributed by atoms with Crippen LogP contribution in [0.5, 0.6) is 0 Å². The number of terminal acetylenes is 1. The van der Waals surface area contributed by atoms with Crippen molar-refractivity contribution in [3.05, 3.63) is 11.8 Å². The van der Waals surface area contributed by atoms with Crippen LogP contribution < -0.4 is 11.5 Å². The molecule has 32 heavy (non-hydrogen) atoms. The molecule has 9 nitrogen and oxygen atoms in total. The molecule has 1 aliphatic carbocycles. The summed E-state index contributed by atoms with van der Waals surface area (Å²) in [6.45, 7) is 6.70. The van der Waals surface area contributed by atoms with Crippen molar-refractivity contribution in [1.82, 2.24) is 4.90 Å². The molecular formula is C23H39N4O5-. The van der Waals surface area contributed by atoms with Crippen LogP contribution in [0, 0.1) is 29.4 Å². The van der Waals surface area contributed by atoms with Crippen LogP contribution in [0.3, 0.4) is 0 Å². The monoisotopic (exact) mass is 451 g/mol. The lowest BCUT2D eigenvalue weighted by Crippen LogP contribution is -2.60. The normalized spacial score (nSPS) is 18.5. The first kappa shape index (κ1) is 26.6. The van der Waals surface area contributed by atoms with Crippen LogP contribution in [0.15, 0.2) is 5.57 Å². The molecule has 2 rings (SSSR count). The number of nitrogens with zero attached hydrogens (tertiary/aromatic N) is 1. The van der Waals surface area contributed by atoms with E-state index in [1.165, 1.54) is 0 Å². The summed E-state index contributed by atoms with van der Waals surface area (Å²) in [6.07, 6.45) is 12.3. The molecule has 5 N–H and O–H groups in total. The Morgan fingerprint density at radius 2 is 1.50 bits per heavy atom. The average molecular weight is 452 g/mol. The predicted molar refractivity (Wildman–Crippen MR) is 122 cm³/mol. The molecule has 0 radical (unpaired) electrons. The van der Waals surface area contributed by atoms with Crippen LogP contribution in [0.2, 0.25) is 0 Å². The molecule has 1 saturated carbocycles. The molecule has 1 saturated heterocycles. The first-order valence-electron chi connectivity index (χ1n) is 11.4. The van der Waals surface area contributed by atoms with Gasteiger partial charge in [-0.3, -0.25) is 0 Å². The van der Waals surface area contributed by atoms with Crippen molar-refractivity contribution >= 4 is 5.84 Å². The minimum atomic E-state index is 0.251. The molecule has 1 aliphatic heterocycles. The van der Waals surface area contributed by atoms with Gasteiger partial charge in [0.2, 0.25) is 0 Å². The maximum atomic E-state index is 8.18. The van der Waals surface area contributed by atoms with Gasteiger partial charge >= 0.3 is 0 Å². The molecule has 0 aromatic rings. The van der Waals surface area contributed by atoms with Gasteiger partial charge in [-0.25, -0.2) is 0 Å². The lowest BCUT2D eigenvalue weighted by atomic mass is 9.67. The van der Waals surface area contributed by atoms with Crippen molar-refractivity contribution in [1.29, 1.82) is 5.41 Å². The third-order valence-corrected chi connectivity index (χ3v) is 5.91. The van der Waals surface area contributed by atoms with Crippen molar-refractivity contribution in [2.24, 2.45) is 16.9 Å².